The molecule has 37 heavy (non-hydrogen) atoms. The molecule has 0 bridgehead atoms. The van der Waals surface area contributed by atoms with Gasteiger partial charge in [0.05, 0.1) is 23.2 Å². The quantitative estimate of drug-likeness (QED) is 0.471. The van der Waals surface area contributed by atoms with Gasteiger partial charge in [-0.3, -0.25) is 14.4 Å². The number of hydrogen-bond acceptors (Lipinski definition) is 3. The lowest BCUT2D eigenvalue weighted by atomic mass is 9.93. The third kappa shape index (κ3) is 4.48. The molecule has 0 radical (unpaired) electrons. The third-order valence-electron chi connectivity index (χ3n) is 7.68. The molecule has 2 aromatic carbocycles. The second-order valence-corrected chi connectivity index (χ2v) is 10.9. The second-order valence-electron chi connectivity index (χ2n) is 10.0. The van der Waals surface area contributed by atoms with Gasteiger partial charge in [-0.1, -0.05) is 46.8 Å². The van der Waals surface area contributed by atoms with Crippen LogP contribution in [0.4, 0.5) is 0 Å². The van der Waals surface area contributed by atoms with E-state index in [9.17, 15) is 14.4 Å². The fourth-order valence-electron chi connectivity index (χ4n) is 5.74. The van der Waals surface area contributed by atoms with Gasteiger partial charge < -0.3 is 19.7 Å². The van der Waals surface area contributed by atoms with E-state index in [-0.39, 0.29) is 36.3 Å². The molecule has 0 aliphatic carbocycles. The summed E-state index contributed by atoms with van der Waals surface area (Å²) in [5.74, 6) is -0.285. The maximum absolute atomic E-state index is 14.1. The van der Waals surface area contributed by atoms with Gasteiger partial charge in [-0.15, -0.1) is 0 Å². The average molecular weight is 563 g/mol. The Morgan fingerprint density at radius 1 is 1.16 bits per heavy atom. The van der Waals surface area contributed by atoms with Crippen LogP contribution < -0.4 is 5.32 Å². The van der Waals surface area contributed by atoms with Crippen LogP contribution in [0.5, 0.6) is 0 Å². The number of hydrogen-bond donors (Lipinski definition) is 1. The molecule has 1 atom stereocenters. The van der Waals surface area contributed by atoms with Gasteiger partial charge >= 0.3 is 0 Å². The first-order chi connectivity index (χ1) is 17.7. The lowest BCUT2D eigenvalue weighted by Crippen LogP contribution is -2.61. The summed E-state index contributed by atoms with van der Waals surface area (Å²) in [4.78, 5) is 42.4. The topological polar surface area (TPSA) is 74.6 Å². The van der Waals surface area contributed by atoms with Gasteiger partial charge in [0.2, 0.25) is 11.8 Å². The number of carbonyl (C=O) groups excluding carboxylic acids is 3. The Balaban J connectivity index is 1.45. The summed E-state index contributed by atoms with van der Waals surface area (Å²) in [6, 6.07) is 12.2. The Labute approximate surface area is 225 Å². The predicted molar refractivity (Wildman–Crippen MR) is 147 cm³/mol. The summed E-state index contributed by atoms with van der Waals surface area (Å²) in [6.07, 6.45) is 2.11. The first kappa shape index (κ1) is 25.3. The van der Waals surface area contributed by atoms with E-state index in [0.29, 0.717) is 25.2 Å². The molecule has 1 N–H and O–H groups in total. The molecule has 5 rings (SSSR count). The molecular weight excluding hydrogens is 532 g/mol. The number of likely N-dealkylation sites (tertiary alicyclic amines) is 1. The molecule has 192 valence electrons. The maximum Gasteiger partial charge on any atom is 0.256 e. The highest BCUT2D eigenvalue weighted by atomic mass is 79.9. The molecule has 2 aliphatic heterocycles. The number of aromatic nitrogens is 1. The van der Waals surface area contributed by atoms with E-state index in [1.807, 2.05) is 47.6 Å². The molecule has 1 unspecified atom stereocenters. The average Bonchev–Trinajstić information content (AvgIpc) is 3.11. The zero-order valence-corrected chi connectivity index (χ0v) is 23.0. The van der Waals surface area contributed by atoms with Crippen molar-refractivity contribution < 1.29 is 14.4 Å². The van der Waals surface area contributed by atoms with Crippen molar-refractivity contribution in [3.05, 3.63) is 81.5 Å². The van der Waals surface area contributed by atoms with E-state index in [4.69, 9.17) is 0 Å². The minimum absolute atomic E-state index is 0.0151. The SMILES string of the molecule is C=CC(=O)N1CC(NC(=O)Cn2c(C)c(C(=O)N3CCc4ccccc4C3C)c3cc(Br)cc(C)c32)C1. The molecule has 0 saturated carbocycles. The fraction of sp³-hybridized carbons (Fsp3) is 0.345. The van der Waals surface area contributed by atoms with Crippen molar-refractivity contribution in [3.63, 3.8) is 0 Å². The number of halogens is 1. The van der Waals surface area contributed by atoms with E-state index in [1.54, 1.807) is 4.90 Å². The maximum atomic E-state index is 14.1. The molecular formula is C29H31BrN4O3. The summed E-state index contributed by atoms with van der Waals surface area (Å²) in [5.41, 5.74) is 5.77. The van der Waals surface area contributed by atoms with Gasteiger partial charge in [-0.2, -0.15) is 0 Å². The second kappa shape index (κ2) is 9.82. The molecule has 2 aliphatic rings. The van der Waals surface area contributed by atoms with E-state index >= 15 is 0 Å². The normalized spacial score (nSPS) is 17.4. The van der Waals surface area contributed by atoms with Crippen molar-refractivity contribution in [2.24, 2.45) is 0 Å². The number of amides is 3. The third-order valence-corrected chi connectivity index (χ3v) is 8.13. The minimum atomic E-state index is -0.141. The summed E-state index contributed by atoms with van der Waals surface area (Å²) in [5, 5.41) is 3.87. The number of carbonyl (C=O) groups is 3. The molecule has 8 heteroatoms. The highest BCUT2D eigenvalue weighted by molar-refractivity contribution is 9.10. The molecule has 3 aromatic rings. The van der Waals surface area contributed by atoms with Crippen molar-refractivity contribution in [2.45, 2.75) is 45.8 Å². The van der Waals surface area contributed by atoms with E-state index < -0.39 is 0 Å². The number of fused-ring (bicyclic) bond motifs is 2. The van der Waals surface area contributed by atoms with Crippen molar-refractivity contribution in [2.75, 3.05) is 19.6 Å². The van der Waals surface area contributed by atoms with Crippen molar-refractivity contribution in [3.8, 4) is 0 Å². The molecule has 7 nitrogen and oxygen atoms in total. The monoisotopic (exact) mass is 562 g/mol. The van der Waals surface area contributed by atoms with Crippen molar-refractivity contribution in [1.29, 1.82) is 0 Å². The number of aryl methyl sites for hydroxylation is 1. The molecule has 1 fully saturated rings. The molecule has 1 saturated heterocycles. The Morgan fingerprint density at radius 2 is 1.89 bits per heavy atom. The van der Waals surface area contributed by atoms with Crippen molar-refractivity contribution >= 4 is 44.6 Å². The van der Waals surface area contributed by atoms with Crippen LogP contribution in [0.3, 0.4) is 0 Å². The highest BCUT2D eigenvalue weighted by Gasteiger charge is 2.33. The van der Waals surface area contributed by atoms with E-state index in [1.165, 1.54) is 17.2 Å². The van der Waals surface area contributed by atoms with E-state index in [0.717, 1.165) is 33.1 Å². The van der Waals surface area contributed by atoms with Gasteiger partial charge in [0.25, 0.3) is 5.91 Å². The zero-order chi connectivity index (χ0) is 26.4. The van der Waals surface area contributed by atoms with Crippen LogP contribution in [0.15, 0.2) is 53.5 Å². The Kier molecular flexibility index (Phi) is 6.70. The number of benzene rings is 2. The first-order valence-corrected chi connectivity index (χ1v) is 13.4. The van der Waals surface area contributed by atoms with Crippen LogP contribution in [-0.2, 0) is 22.6 Å². The van der Waals surface area contributed by atoms with Gasteiger partial charge in [-0.05, 0) is 62.1 Å². The smallest absolute Gasteiger partial charge is 0.256 e. The van der Waals surface area contributed by atoms with Crippen LogP contribution in [0.1, 0.15) is 45.7 Å². The number of rotatable bonds is 5. The highest BCUT2D eigenvalue weighted by Crippen LogP contribution is 2.36. The van der Waals surface area contributed by atoms with Gasteiger partial charge in [-0.25, -0.2) is 0 Å². The van der Waals surface area contributed by atoms with Gasteiger partial charge in [0.1, 0.15) is 6.54 Å². The lowest BCUT2D eigenvalue weighted by Gasteiger charge is -2.39. The number of nitrogens with one attached hydrogen (secondary N) is 1. The molecule has 3 amide bonds. The Morgan fingerprint density at radius 3 is 2.62 bits per heavy atom. The standard InChI is InChI=1S/C29H31BrN4O3/c1-5-26(36)32-14-22(15-32)31-25(35)16-34-19(4)27(24-13-21(30)12-17(2)28(24)34)29(37)33-11-10-20-8-6-7-9-23(20)18(33)3/h5-9,12-13,18,22H,1,10-11,14-16H2,2-4H3,(H,31,35). The van der Waals surface area contributed by atoms with Crippen LogP contribution in [0, 0.1) is 13.8 Å². The van der Waals surface area contributed by atoms with Crippen LogP contribution in [0.25, 0.3) is 10.9 Å². The molecule has 1 aromatic heterocycles. The van der Waals surface area contributed by atoms with Gasteiger partial charge in [0.15, 0.2) is 0 Å². The Hall–Kier alpha value is -3.39. The molecule has 3 heterocycles. The van der Waals surface area contributed by atoms with Crippen LogP contribution in [0.2, 0.25) is 0 Å². The van der Waals surface area contributed by atoms with Gasteiger partial charge in [0, 0.05) is 35.2 Å². The summed E-state index contributed by atoms with van der Waals surface area (Å²) >= 11 is 3.60. The summed E-state index contributed by atoms with van der Waals surface area (Å²) < 4.78 is 2.85. The summed E-state index contributed by atoms with van der Waals surface area (Å²) in [7, 11) is 0. The summed E-state index contributed by atoms with van der Waals surface area (Å²) in [6.45, 7) is 11.2. The predicted octanol–water partition coefficient (Wildman–Crippen LogP) is 4.29. The largest absolute Gasteiger partial charge is 0.348 e. The number of nitrogens with zero attached hydrogens (tertiary/aromatic N) is 3. The molecule has 0 spiro atoms. The van der Waals surface area contributed by atoms with Crippen LogP contribution in [-0.4, -0.2) is 57.8 Å². The zero-order valence-electron chi connectivity index (χ0n) is 21.4. The minimum Gasteiger partial charge on any atom is -0.348 e. The lowest BCUT2D eigenvalue weighted by molar-refractivity contribution is -0.133. The van der Waals surface area contributed by atoms with Crippen molar-refractivity contribution in [1.82, 2.24) is 19.7 Å². The Bertz CT molecular complexity index is 1440. The van der Waals surface area contributed by atoms with Crippen LogP contribution >= 0.6 is 15.9 Å². The van der Waals surface area contributed by atoms with E-state index in [2.05, 4.69) is 46.9 Å². The fourth-order valence-corrected chi connectivity index (χ4v) is 6.31. The first-order valence-electron chi connectivity index (χ1n) is 12.6.